The van der Waals surface area contributed by atoms with E-state index >= 15 is 0 Å². The first kappa shape index (κ1) is 8.91. The van der Waals surface area contributed by atoms with Crippen LogP contribution < -0.4 is 0 Å². The van der Waals surface area contributed by atoms with Gasteiger partial charge in [-0.2, -0.15) is 0 Å². The number of hydrogen-bond acceptors (Lipinski definition) is 3. The van der Waals surface area contributed by atoms with Crippen LogP contribution in [0, 0.1) is 0 Å². The van der Waals surface area contributed by atoms with E-state index in [1.54, 1.807) is 6.08 Å². The summed E-state index contributed by atoms with van der Waals surface area (Å²) >= 11 is 0. The van der Waals surface area contributed by atoms with Gasteiger partial charge in [-0.25, -0.2) is 0 Å². The maximum absolute atomic E-state index is 11.0. The van der Waals surface area contributed by atoms with Gasteiger partial charge in [0, 0.05) is 6.42 Å². The molecule has 3 heteroatoms. The third-order valence-corrected chi connectivity index (χ3v) is 2.48. The fourth-order valence-electron chi connectivity index (χ4n) is 1.80. The Balaban J connectivity index is 2.16. The first-order valence-electron chi connectivity index (χ1n) is 4.58. The lowest BCUT2D eigenvalue weighted by atomic mass is 9.91. The maximum Gasteiger partial charge on any atom is 0.164 e. The van der Waals surface area contributed by atoms with Gasteiger partial charge in [-0.05, 0) is 32.4 Å². The van der Waals surface area contributed by atoms with Gasteiger partial charge in [0.05, 0.1) is 6.61 Å². The summed E-state index contributed by atoms with van der Waals surface area (Å²) in [6.45, 7) is 4.35. The molecule has 0 aromatic carbocycles. The van der Waals surface area contributed by atoms with E-state index in [-0.39, 0.29) is 11.4 Å². The normalized spacial score (nSPS) is 37.2. The highest BCUT2D eigenvalue weighted by Gasteiger charge is 2.44. The van der Waals surface area contributed by atoms with E-state index in [9.17, 15) is 4.79 Å². The Kier molecular flexibility index (Phi) is 1.82. The van der Waals surface area contributed by atoms with Crippen molar-refractivity contribution in [2.45, 2.75) is 38.1 Å². The molecule has 0 amide bonds. The van der Waals surface area contributed by atoms with E-state index in [0.29, 0.717) is 13.0 Å². The van der Waals surface area contributed by atoms with Gasteiger partial charge in [0.15, 0.2) is 11.6 Å². The summed E-state index contributed by atoms with van der Waals surface area (Å²) in [6.07, 6.45) is 4.75. The molecule has 0 saturated carbocycles. The summed E-state index contributed by atoms with van der Waals surface area (Å²) < 4.78 is 11.2. The molecule has 0 aromatic rings. The minimum Gasteiger partial charge on any atom is -0.347 e. The number of carbonyl (C=O) groups excluding carboxylic acids is 1. The molecular weight excluding hydrogens is 168 g/mol. The third kappa shape index (κ3) is 1.67. The average Bonchev–Trinajstić information content (AvgIpc) is 2.35. The molecule has 1 fully saturated rings. The highest BCUT2D eigenvalue weighted by atomic mass is 16.8. The minimum absolute atomic E-state index is 0.180. The Hall–Kier alpha value is -0.670. The van der Waals surface area contributed by atoms with Crippen molar-refractivity contribution >= 4 is 5.78 Å². The Morgan fingerprint density at radius 3 is 2.69 bits per heavy atom. The quantitative estimate of drug-likeness (QED) is 0.568. The molecule has 1 saturated heterocycles. The second-order valence-corrected chi connectivity index (χ2v) is 4.15. The first-order chi connectivity index (χ1) is 6.02. The summed E-state index contributed by atoms with van der Waals surface area (Å²) in [7, 11) is 0. The minimum atomic E-state index is -0.509. The van der Waals surface area contributed by atoms with E-state index in [4.69, 9.17) is 9.47 Å². The fourth-order valence-corrected chi connectivity index (χ4v) is 1.80. The van der Waals surface area contributed by atoms with Crippen LogP contribution >= 0.6 is 0 Å². The summed E-state index contributed by atoms with van der Waals surface area (Å²) in [5.41, 5.74) is -0.336. The lowest BCUT2D eigenvalue weighted by molar-refractivity contribution is -0.154. The smallest absolute Gasteiger partial charge is 0.164 e. The molecule has 1 heterocycles. The van der Waals surface area contributed by atoms with Crippen molar-refractivity contribution in [1.82, 2.24) is 0 Å². The molecule has 0 radical (unpaired) electrons. The van der Waals surface area contributed by atoms with Crippen molar-refractivity contribution in [1.29, 1.82) is 0 Å². The van der Waals surface area contributed by atoms with Gasteiger partial charge in [-0.3, -0.25) is 4.79 Å². The largest absolute Gasteiger partial charge is 0.347 e. The van der Waals surface area contributed by atoms with Crippen molar-refractivity contribution in [3.05, 3.63) is 12.2 Å². The van der Waals surface area contributed by atoms with E-state index in [1.165, 1.54) is 0 Å². The molecule has 0 unspecified atom stereocenters. The number of carbonyl (C=O) groups is 1. The van der Waals surface area contributed by atoms with Crippen LogP contribution in [0.3, 0.4) is 0 Å². The molecule has 13 heavy (non-hydrogen) atoms. The van der Waals surface area contributed by atoms with Crippen LogP contribution in [0.4, 0.5) is 0 Å². The fraction of sp³-hybridized carbons (Fsp3) is 0.700. The molecule has 1 aliphatic heterocycles. The van der Waals surface area contributed by atoms with Crippen LogP contribution in [0.15, 0.2) is 12.2 Å². The average molecular weight is 182 g/mol. The van der Waals surface area contributed by atoms with E-state index in [2.05, 4.69) is 0 Å². The molecule has 1 aliphatic carbocycles. The number of ether oxygens (including phenoxy) is 2. The standard InChI is InChI=1S/C10H14O3/c1-9(2)12-7-10(13-9)5-3-8(11)4-6-10/h3,5H,4,6-7H2,1-2H3/t10-/m0/s1. The molecule has 2 rings (SSSR count). The zero-order valence-corrected chi connectivity index (χ0v) is 8.00. The van der Waals surface area contributed by atoms with Crippen LogP contribution in [0.2, 0.25) is 0 Å². The number of ketones is 1. The molecule has 0 aromatic heterocycles. The van der Waals surface area contributed by atoms with Gasteiger partial charge >= 0.3 is 0 Å². The van der Waals surface area contributed by atoms with Gasteiger partial charge in [0.25, 0.3) is 0 Å². The van der Waals surface area contributed by atoms with Crippen LogP contribution in [-0.2, 0) is 14.3 Å². The highest BCUT2D eigenvalue weighted by Crippen LogP contribution is 2.37. The second-order valence-electron chi connectivity index (χ2n) is 4.15. The summed E-state index contributed by atoms with van der Waals surface area (Å²) in [6, 6.07) is 0. The lowest BCUT2D eigenvalue weighted by Gasteiger charge is -2.27. The van der Waals surface area contributed by atoms with Crippen molar-refractivity contribution in [3.63, 3.8) is 0 Å². The lowest BCUT2D eigenvalue weighted by Crippen LogP contribution is -2.34. The zero-order chi connectivity index (χ0) is 9.53. The van der Waals surface area contributed by atoms with Crippen molar-refractivity contribution in [2.24, 2.45) is 0 Å². The molecule has 2 aliphatic rings. The van der Waals surface area contributed by atoms with Crippen LogP contribution in [0.5, 0.6) is 0 Å². The Labute approximate surface area is 77.7 Å². The summed E-state index contributed by atoms with van der Waals surface area (Å²) in [5, 5.41) is 0. The van der Waals surface area contributed by atoms with E-state index < -0.39 is 5.79 Å². The first-order valence-corrected chi connectivity index (χ1v) is 4.58. The van der Waals surface area contributed by atoms with Gasteiger partial charge < -0.3 is 9.47 Å². The Morgan fingerprint density at radius 1 is 1.46 bits per heavy atom. The third-order valence-electron chi connectivity index (χ3n) is 2.48. The summed E-state index contributed by atoms with van der Waals surface area (Å²) in [4.78, 5) is 11.0. The van der Waals surface area contributed by atoms with Gasteiger partial charge in [-0.15, -0.1) is 0 Å². The second kappa shape index (κ2) is 2.66. The molecule has 0 N–H and O–H groups in total. The molecule has 72 valence electrons. The highest BCUT2D eigenvalue weighted by molar-refractivity contribution is 5.90. The van der Waals surface area contributed by atoms with Crippen LogP contribution in [-0.4, -0.2) is 23.8 Å². The van der Waals surface area contributed by atoms with Crippen LogP contribution in [0.1, 0.15) is 26.7 Å². The molecule has 0 bridgehead atoms. The van der Waals surface area contributed by atoms with E-state index in [1.807, 2.05) is 19.9 Å². The molecule has 1 spiro atoms. The van der Waals surface area contributed by atoms with Crippen molar-refractivity contribution in [3.8, 4) is 0 Å². The van der Waals surface area contributed by atoms with E-state index in [0.717, 1.165) is 6.42 Å². The van der Waals surface area contributed by atoms with Crippen LogP contribution in [0.25, 0.3) is 0 Å². The number of rotatable bonds is 0. The van der Waals surface area contributed by atoms with Crippen molar-refractivity contribution < 1.29 is 14.3 Å². The molecular formula is C10H14O3. The monoisotopic (exact) mass is 182 g/mol. The predicted molar refractivity (Wildman–Crippen MR) is 47.2 cm³/mol. The Bertz CT molecular complexity index is 267. The topological polar surface area (TPSA) is 35.5 Å². The van der Waals surface area contributed by atoms with Gasteiger partial charge in [0.1, 0.15) is 5.60 Å². The summed E-state index contributed by atoms with van der Waals surface area (Å²) in [5.74, 6) is -0.330. The SMILES string of the molecule is CC1(C)OC[C@@]2(C=CC(=O)CC2)O1. The zero-order valence-electron chi connectivity index (χ0n) is 8.00. The van der Waals surface area contributed by atoms with Gasteiger partial charge in [0.2, 0.25) is 0 Å². The molecule has 3 nitrogen and oxygen atoms in total. The Morgan fingerprint density at radius 2 is 2.23 bits per heavy atom. The van der Waals surface area contributed by atoms with Gasteiger partial charge in [-0.1, -0.05) is 0 Å². The molecule has 1 atom stereocenters. The number of allylic oxidation sites excluding steroid dienone is 1. The number of hydrogen-bond donors (Lipinski definition) is 0. The predicted octanol–water partition coefficient (Wildman–Crippen LogP) is 1.43. The van der Waals surface area contributed by atoms with Crippen molar-refractivity contribution in [2.75, 3.05) is 6.61 Å². The maximum atomic E-state index is 11.0.